The minimum absolute atomic E-state index is 0.0306. The van der Waals surface area contributed by atoms with Gasteiger partial charge in [-0.3, -0.25) is 14.8 Å². The Morgan fingerprint density at radius 2 is 2.64 bits per heavy atom. The lowest BCUT2D eigenvalue weighted by Crippen LogP contribution is -2.15. The summed E-state index contributed by atoms with van der Waals surface area (Å²) in [5.74, 6) is 0. The zero-order valence-electron chi connectivity index (χ0n) is 7.63. The summed E-state index contributed by atoms with van der Waals surface area (Å²) < 4.78 is 6.96. The Balaban J connectivity index is 1.98. The molecule has 6 nitrogen and oxygen atoms in total. The van der Waals surface area contributed by atoms with E-state index in [1.807, 2.05) is 0 Å². The second kappa shape index (κ2) is 3.75. The van der Waals surface area contributed by atoms with Gasteiger partial charge < -0.3 is 4.74 Å². The SMILES string of the molecule is O=[N+]([O-])c1cnn(C[C@H]2CCCO2)c1. The zero-order chi connectivity index (χ0) is 9.97. The van der Waals surface area contributed by atoms with Crippen molar-refractivity contribution in [2.75, 3.05) is 6.61 Å². The van der Waals surface area contributed by atoms with Gasteiger partial charge in [0.15, 0.2) is 0 Å². The first-order valence-corrected chi connectivity index (χ1v) is 4.54. The van der Waals surface area contributed by atoms with Crippen LogP contribution in [0.15, 0.2) is 12.4 Å². The molecular formula is C8H11N3O3. The van der Waals surface area contributed by atoms with Gasteiger partial charge in [0.25, 0.3) is 0 Å². The Bertz CT molecular complexity index is 330. The summed E-state index contributed by atoms with van der Waals surface area (Å²) in [5.41, 5.74) is 0.0306. The monoisotopic (exact) mass is 197 g/mol. The molecule has 1 fully saturated rings. The Hall–Kier alpha value is -1.43. The van der Waals surface area contributed by atoms with E-state index >= 15 is 0 Å². The van der Waals surface area contributed by atoms with Crippen LogP contribution in [0, 0.1) is 10.1 Å². The molecule has 1 aromatic rings. The van der Waals surface area contributed by atoms with Crippen LogP contribution >= 0.6 is 0 Å². The van der Waals surface area contributed by atoms with Gasteiger partial charge in [-0.15, -0.1) is 0 Å². The van der Waals surface area contributed by atoms with Crippen molar-refractivity contribution < 1.29 is 9.66 Å². The van der Waals surface area contributed by atoms with Crippen LogP contribution in [0.3, 0.4) is 0 Å². The second-order valence-corrected chi connectivity index (χ2v) is 3.31. The summed E-state index contributed by atoms with van der Waals surface area (Å²) in [7, 11) is 0. The number of ether oxygens (including phenoxy) is 1. The van der Waals surface area contributed by atoms with Gasteiger partial charge >= 0.3 is 5.69 Å². The van der Waals surface area contributed by atoms with E-state index in [4.69, 9.17) is 4.74 Å². The Labute approximate surface area is 80.6 Å². The lowest BCUT2D eigenvalue weighted by Gasteiger charge is -2.07. The second-order valence-electron chi connectivity index (χ2n) is 3.31. The number of hydrogen-bond acceptors (Lipinski definition) is 4. The number of hydrogen-bond donors (Lipinski definition) is 0. The average molecular weight is 197 g/mol. The molecule has 0 saturated carbocycles. The third-order valence-electron chi connectivity index (χ3n) is 2.25. The highest BCUT2D eigenvalue weighted by Crippen LogP contribution is 2.15. The minimum Gasteiger partial charge on any atom is -0.376 e. The molecule has 1 aliphatic heterocycles. The molecule has 1 aromatic heterocycles. The van der Waals surface area contributed by atoms with Crippen molar-refractivity contribution in [2.45, 2.75) is 25.5 Å². The molecule has 1 aliphatic rings. The van der Waals surface area contributed by atoms with Crippen molar-refractivity contribution in [3.05, 3.63) is 22.5 Å². The van der Waals surface area contributed by atoms with Gasteiger partial charge in [-0.25, -0.2) is 0 Å². The summed E-state index contributed by atoms with van der Waals surface area (Å²) in [4.78, 5) is 9.93. The van der Waals surface area contributed by atoms with Crippen molar-refractivity contribution in [3.63, 3.8) is 0 Å². The van der Waals surface area contributed by atoms with Gasteiger partial charge in [0, 0.05) is 6.61 Å². The number of aromatic nitrogens is 2. The molecule has 0 aliphatic carbocycles. The minimum atomic E-state index is -0.445. The quantitative estimate of drug-likeness (QED) is 0.534. The van der Waals surface area contributed by atoms with E-state index in [0.29, 0.717) is 6.54 Å². The maximum atomic E-state index is 10.4. The molecule has 1 atom stereocenters. The molecule has 6 heteroatoms. The van der Waals surface area contributed by atoms with Crippen LogP contribution in [0.5, 0.6) is 0 Å². The molecule has 14 heavy (non-hydrogen) atoms. The molecule has 0 amide bonds. The molecule has 2 heterocycles. The summed E-state index contributed by atoms with van der Waals surface area (Å²) >= 11 is 0. The summed E-state index contributed by atoms with van der Waals surface area (Å²) in [6.45, 7) is 1.39. The van der Waals surface area contributed by atoms with Gasteiger partial charge in [0.2, 0.25) is 0 Å². The highest BCUT2D eigenvalue weighted by Gasteiger charge is 2.17. The van der Waals surface area contributed by atoms with Gasteiger partial charge in [-0.2, -0.15) is 5.10 Å². The highest BCUT2D eigenvalue weighted by molar-refractivity contribution is 5.20. The van der Waals surface area contributed by atoms with Crippen LogP contribution < -0.4 is 0 Å². The fraction of sp³-hybridized carbons (Fsp3) is 0.625. The normalized spacial score (nSPS) is 21.3. The largest absolute Gasteiger partial charge is 0.376 e. The molecule has 1 saturated heterocycles. The third-order valence-corrected chi connectivity index (χ3v) is 2.25. The predicted octanol–water partition coefficient (Wildman–Crippen LogP) is 0.970. The van der Waals surface area contributed by atoms with Gasteiger partial charge in [-0.05, 0) is 12.8 Å². The van der Waals surface area contributed by atoms with Crippen LogP contribution in [0.25, 0.3) is 0 Å². The lowest BCUT2D eigenvalue weighted by molar-refractivity contribution is -0.385. The smallest absolute Gasteiger partial charge is 0.306 e. The van der Waals surface area contributed by atoms with E-state index in [0.717, 1.165) is 19.4 Å². The third kappa shape index (κ3) is 1.90. The van der Waals surface area contributed by atoms with Crippen molar-refractivity contribution >= 4 is 5.69 Å². The fourth-order valence-corrected chi connectivity index (χ4v) is 1.54. The summed E-state index contributed by atoms with van der Waals surface area (Å²) in [6, 6.07) is 0. The first-order valence-electron chi connectivity index (χ1n) is 4.54. The van der Waals surface area contributed by atoms with Crippen LogP contribution in [0.1, 0.15) is 12.8 Å². The maximum Gasteiger partial charge on any atom is 0.306 e. The Kier molecular flexibility index (Phi) is 2.45. The molecule has 2 rings (SSSR count). The van der Waals surface area contributed by atoms with Gasteiger partial charge in [0.05, 0.1) is 17.6 Å². The van der Waals surface area contributed by atoms with E-state index in [-0.39, 0.29) is 11.8 Å². The van der Waals surface area contributed by atoms with Crippen LogP contribution in [-0.2, 0) is 11.3 Å². The Morgan fingerprint density at radius 3 is 3.21 bits per heavy atom. The molecule has 76 valence electrons. The molecule has 0 bridgehead atoms. The topological polar surface area (TPSA) is 70.2 Å². The molecule has 0 radical (unpaired) electrons. The van der Waals surface area contributed by atoms with Gasteiger partial charge in [0.1, 0.15) is 12.4 Å². The van der Waals surface area contributed by atoms with Crippen molar-refractivity contribution in [2.24, 2.45) is 0 Å². The van der Waals surface area contributed by atoms with E-state index in [2.05, 4.69) is 5.10 Å². The number of nitro groups is 1. The molecule has 0 spiro atoms. The average Bonchev–Trinajstić information content (AvgIpc) is 2.75. The number of rotatable bonds is 3. The van der Waals surface area contributed by atoms with E-state index in [1.54, 1.807) is 4.68 Å². The Morgan fingerprint density at radius 1 is 1.79 bits per heavy atom. The predicted molar refractivity (Wildman–Crippen MR) is 47.9 cm³/mol. The highest BCUT2D eigenvalue weighted by atomic mass is 16.6. The van der Waals surface area contributed by atoms with Gasteiger partial charge in [-0.1, -0.05) is 0 Å². The van der Waals surface area contributed by atoms with E-state index in [9.17, 15) is 10.1 Å². The lowest BCUT2D eigenvalue weighted by atomic mass is 10.2. The zero-order valence-corrected chi connectivity index (χ0v) is 7.63. The molecular weight excluding hydrogens is 186 g/mol. The van der Waals surface area contributed by atoms with E-state index in [1.165, 1.54) is 12.4 Å². The van der Waals surface area contributed by atoms with Crippen LogP contribution in [0.4, 0.5) is 5.69 Å². The van der Waals surface area contributed by atoms with Crippen molar-refractivity contribution in [1.82, 2.24) is 9.78 Å². The molecule has 0 N–H and O–H groups in total. The van der Waals surface area contributed by atoms with Crippen LogP contribution in [0.2, 0.25) is 0 Å². The van der Waals surface area contributed by atoms with E-state index < -0.39 is 4.92 Å². The summed E-state index contributed by atoms with van der Waals surface area (Å²) in [5, 5.41) is 14.3. The molecule has 0 aromatic carbocycles. The van der Waals surface area contributed by atoms with Crippen molar-refractivity contribution in [1.29, 1.82) is 0 Å². The number of nitrogens with zero attached hydrogens (tertiary/aromatic N) is 3. The fourth-order valence-electron chi connectivity index (χ4n) is 1.54. The molecule has 0 unspecified atom stereocenters. The van der Waals surface area contributed by atoms with Crippen LogP contribution in [-0.4, -0.2) is 27.4 Å². The standard InChI is InChI=1S/C8H11N3O3/c12-11(13)7-4-9-10(5-7)6-8-2-1-3-14-8/h4-5,8H,1-3,6H2/t8-/m1/s1. The maximum absolute atomic E-state index is 10.4. The summed E-state index contributed by atoms with van der Waals surface area (Å²) in [6.07, 6.45) is 4.92. The first-order chi connectivity index (χ1) is 6.75. The first kappa shape index (κ1) is 9.14. The van der Waals surface area contributed by atoms with Crippen molar-refractivity contribution in [3.8, 4) is 0 Å².